The van der Waals surface area contributed by atoms with Crippen LogP contribution in [0.25, 0.3) is 0 Å². The molecule has 1 atom stereocenters. The Balaban J connectivity index is 1.53. The van der Waals surface area contributed by atoms with Crippen molar-refractivity contribution in [3.8, 4) is 11.5 Å². The van der Waals surface area contributed by atoms with Crippen LogP contribution >= 0.6 is 23.4 Å². The lowest BCUT2D eigenvalue weighted by Crippen LogP contribution is -2.33. The van der Waals surface area contributed by atoms with Crippen LogP contribution in [-0.2, 0) is 16.1 Å². The van der Waals surface area contributed by atoms with Crippen molar-refractivity contribution in [1.29, 1.82) is 0 Å². The monoisotopic (exact) mass is 523 g/mol. The van der Waals surface area contributed by atoms with Crippen LogP contribution in [0.4, 0.5) is 11.4 Å². The Morgan fingerprint density at radius 2 is 1.86 bits per heavy atom. The number of aliphatic imine (C=N–C) groups is 1. The number of carbonyl (C=O) groups is 2. The number of hydrogen-bond acceptors (Lipinski definition) is 6. The number of nitrogens with zero attached hydrogens (tertiary/aromatic N) is 2. The number of methoxy groups -OCH3 is 1. The van der Waals surface area contributed by atoms with Gasteiger partial charge in [0.25, 0.3) is 0 Å². The first-order valence-electron chi connectivity index (χ1n) is 11.4. The molecule has 1 N–H and O–H groups in total. The predicted molar refractivity (Wildman–Crippen MR) is 144 cm³/mol. The maximum atomic E-state index is 13.4. The smallest absolute Gasteiger partial charge is 0.242 e. The summed E-state index contributed by atoms with van der Waals surface area (Å²) >= 11 is 7.64. The molecule has 1 aliphatic heterocycles. The van der Waals surface area contributed by atoms with Gasteiger partial charge in [0.05, 0.1) is 25.9 Å². The predicted octanol–water partition coefficient (Wildman–Crippen LogP) is 5.91. The summed E-state index contributed by atoms with van der Waals surface area (Å²) in [7, 11) is 1.60. The third-order valence-electron chi connectivity index (χ3n) is 5.40. The van der Waals surface area contributed by atoms with Crippen molar-refractivity contribution in [2.75, 3.05) is 19.0 Å². The molecule has 1 fully saturated rings. The number of anilines is 1. The molecule has 0 radical (unpaired) electrons. The average Bonchev–Trinajstić information content (AvgIpc) is 3.15. The maximum absolute atomic E-state index is 13.4. The van der Waals surface area contributed by atoms with Crippen LogP contribution < -0.4 is 14.8 Å². The zero-order valence-electron chi connectivity index (χ0n) is 19.9. The van der Waals surface area contributed by atoms with Gasteiger partial charge in [-0.3, -0.25) is 14.5 Å². The Hall–Kier alpha value is -3.49. The highest BCUT2D eigenvalue weighted by molar-refractivity contribution is 8.15. The molecular formula is C27H26ClN3O4S. The van der Waals surface area contributed by atoms with Gasteiger partial charge in [-0.25, -0.2) is 4.99 Å². The van der Waals surface area contributed by atoms with E-state index in [4.69, 9.17) is 26.1 Å². The molecule has 3 aromatic rings. The van der Waals surface area contributed by atoms with Crippen LogP contribution in [0.5, 0.6) is 11.5 Å². The number of amides is 2. The minimum atomic E-state index is -0.612. The minimum absolute atomic E-state index is 0.00299. The SMILES string of the molecule is CCOc1cccc(NC(=O)C[C@H]2SC(=Nc3ccc(OC)cc3)N(Cc3ccccc3Cl)C2=O)c1. The lowest BCUT2D eigenvalue weighted by Gasteiger charge is -2.17. The molecule has 36 heavy (non-hydrogen) atoms. The Kier molecular flexibility index (Phi) is 8.51. The second kappa shape index (κ2) is 12.0. The first-order valence-corrected chi connectivity index (χ1v) is 12.7. The Morgan fingerprint density at radius 3 is 2.58 bits per heavy atom. The number of thioether (sulfide) groups is 1. The molecular weight excluding hydrogens is 498 g/mol. The fourth-order valence-electron chi connectivity index (χ4n) is 3.65. The number of nitrogens with one attached hydrogen (secondary N) is 1. The number of carbonyl (C=O) groups excluding carboxylic acids is 2. The van der Waals surface area contributed by atoms with Gasteiger partial charge in [0.1, 0.15) is 16.7 Å². The minimum Gasteiger partial charge on any atom is -0.497 e. The van der Waals surface area contributed by atoms with Gasteiger partial charge < -0.3 is 14.8 Å². The van der Waals surface area contributed by atoms with E-state index in [-0.39, 0.29) is 24.8 Å². The van der Waals surface area contributed by atoms with E-state index in [0.29, 0.717) is 39.7 Å². The van der Waals surface area contributed by atoms with Crippen LogP contribution in [0, 0.1) is 0 Å². The van der Waals surface area contributed by atoms with E-state index in [1.807, 2.05) is 43.3 Å². The van der Waals surface area contributed by atoms with Crippen molar-refractivity contribution < 1.29 is 19.1 Å². The van der Waals surface area contributed by atoms with E-state index in [1.165, 1.54) is 11.8 Å². The summed E-state index contributed by atoms with van der Waals surface area (Å²) in [4.78, 5) is 32.5. The number of halogens is 1. The highest BCUT2D eigenvalue weighted by Gasteiger charge is 2.39. The average molecular weight is 524 g/mol. The van der Waals surface area contributed by atoms with Crippen molar-refractivity contribution in [1.82, 2.24) is 4.90 Å². The van der Waals surface area contributed by atoms with Gasteiger partial charge in [0, 0.05) is 23.2 Å². The highest BCUT2D eigenvalue weighted by Crippen LogP contribution is 2.34. The topological polar surface area (TPSA) is 80.2 Å². The van der Waals surface area contributed by atoms with Crippen molar-refractivity contribution >= 4 is 51.7 Å². The molecule has 0 saturated carbocycles. The summed E-state index contributed by atoms with van der Waals surface area (Å²) in [5.74, 6) is 0.926. The molecule has 0 bridgehead atoms. The third-order valence-corrected chi connectivity index (χ3v) is 6.95. The second-order valence-electron chi connectivity index (χ2n) is 7.93. The molecule has 7 nitrogen and oxygen atoms in total. The zero-order chi connectivity index (χ0) is 25.5. The summed E-state index contributed by atoms with van der Waals surface area (Å²) in [6.45, 7) is 2.69. The van der Waals surface area contributed by atoms with E-state index in [1.54, 1.807) is 48.4 Å². The summed E-state index contributed by atoms with van der Waals surface area (Å²) < 4.78 is 10.7. The fraction of sp³-hybridized carbons (Fsp3) is 0.222. The number of hydrogen-bond donors (Lipinski definition) is 1. The largest absolute Gasteiger partial charge is 0.497 e. The molecule has 0 aliphatic carbocycles. The van der Waals surface area contributed by atoms with Crippen LogP contribution in [0.15, 0.2) is 77.8 Å². The van der Waals surface area contributed by atoms with E-state index in [0.717, 1.165) is 5.56 Å². The third kappa shape index (κ3) is 6.38. The van der Waals surface area contributed by atoms with Gasteiger partial charge >= 0.3 is 0 Å². The highest BCUT2D eigenvalue weighted by atomic mass is 35.5. The van der Waals surface area contributed by atoms with E-state index < -0.39 is 5.25 Å². The van der Waals surface area contributed by atoms with Crippen LogP contribution in [0.3, 0.4) is 0 Å². The number of ether oxygens (including phenoxy) is 2. The maximum Gasteiger partial charge on any atom is 0.242 e. The summed E-state index contributed by atoms with van der Waals surface area (Å²) in [5.41, 5.74) is 2.09. The van der Waals surface area contributed by atoms with Gasteiger partial charge in [-0.2, -0.15) is 0 Å². The Labute approximate surface area is 219 Å². The molecule has 9 heteroatoms. The quantitative estimate of drug-likeness (QED) is 0.377. The molecule has 3 aromatic carbocycles. The summed E-state index contributed by atoms with van der Waals surface area (Å²) in [6.07, 6.45) is 0.00299. The van der Waals surface area contributed by atoms with Crippen LogP contribution in [0.2, 0.25) is 5.02 Å². The van der Waals surface area contributed by atoms with Gasteiger partial charge in [0.15, 0.2) is 5.17 Å². The zero-order valence-corrected chi connectivity index (χ0v) is 21.5. The van der Waals surface area contributed by atoms with Crippen molar-refractivity contribution in [3.05, 3.63) is 83.4 Å². The normalized spacial score (nSPS) is 16.3. The molecule has 4 rings (SSSR count). The van der Waals surface area contributed by atoms with Gasteiger partial charge in [-0.15, -0.1) is 0 Å². The molecule has 0 unspecified atom stereocenters. The van der Waals surface area contributed by atoms with Gasteiger partial charge in [-0.05, 0) is 55.0 Å². The van der Waals surface area contributed by atoms with E-state index in [2.05, 4.69) is 5.32 Å². The molecule has 1 aliphatic rings. The van der Waals surface area contributed by atoms with Crippen molar-refractivity contribution in [3.63, 3.8) is 0 Å². The van der Waals surface area contributed by atoms with Crippen LogP contribution in [0.1, 0.15) is 18.9 Å². The molecule has 1 saturated heterocycles. The van der Waals surface area contributed by atoms with E-state index >= 15 is 0 Å². The molecule has 186 valence electrons. The van der Waals surface area contributed by atoms with E-state index in [9.17, 15) is 9.59 Å². The molecule has 0 spiro atoms. The van der Waals surface area contributed by atoms with Gasteiger partial charge in [0.2, 0.25) is 11.8 Å². The second-order valence-corrected chi connectivity index (χ2v) is 9.50. The van der Waals surface area contributed by atoms with Crippen molar-refractivity contribution in [2.45, 2.75) is 25.1 Å². The fourth-order valence-corrected chi connectivity index (χ4v) is 5.00. The van der Waals surface area contributed by atoms with Crippen LogP contribution in [-0.4, -0.2) is 40.8 Å². The molecule has 0 aromatic heterocycles. The van der Waals surface area contributed by atoms with Gasteiger partial charge in [-0.1, -0.05) is 47.6 Å². The molecule has 2 amide bonds. The number of benzene rings is 3. The Morgan fingerprint density at radius 1 is 1.08 bits per heavy atom. The number of amidine groups is 1. The standard InChI is InChI=1S/C27H26ClN3O4S/c1-3-35-22-9-6-8-20(15-22)29-25(32)16-24-26(33)31(17-18-7-4-5-10-23(18)28)27(36-24)30-19-11-13-21(34-2)14-12-19/h4-15,24H,3,16-17H2,1-2H3,(H,29,32)/t24-/m1/s1. The number of rotatable bonds is 9. The first-order chi connectivity index (χ1) is 17.5. The first kappa shape index (κ1) is 25.6. The molecule has 1 heterocycles. The Bertz CT molecular complexity index is 1270. The lowest BCUT2D eigenvalue weighted by atomic mass is 10.2. The summed E-state index contributed by atoms with van der Waals surface area (Å²) in [5, 5.41) is 3.33. The van der Waals surface area contributed by atoms with Crippen molar-refractivity contribution in [2.24, 2.45) is 4.99 Å². The summed E-state index contributed by atoms with van der Waals surface area (Å²) in [6, 6.07) is 21.8. The lowest BCUT2D eigenvalue weighted by molar-refractivity contribution is -0.128.